The zero-order valence-corrected chi connectivity index (χ0v) is 17.4. The number of aliphatic hydroxyl groups excluding tert-OH is 1. The second kappa shape index (κ2) is 9.47. The molecule has 0 bridgehead atoms. The minimum atomic E-state index is 0.0610. The number of aryl methyl sites for hydroxylation is 1. The molecule has 1 fully saturated rings. The zero-order chi connectivity index (χ0) is 20.1. The highest BCUT2D eigenvalue weighted by Crippen LogP contribution is 2.26. The number of nitrogens with zero attached hydrogens (tertiary/aromatic N) is 2. The second-order valence-corrected chi connectivity index (χ2v) is 8.27. The van der Waals surface area contributed by atoms with Gasteiger partial charge in [0.25, 0.3) is 0 Å². The molecule has 0 aliphatic carbocycles. The van der Waals surface area contributed by atoms with Gasteiger partial charge in [0.15, 0.2) is 0 Å². The Balaban J connectivity index is 1.18. The average molecular weight is 393 g/mol. The second-order valence-electron chi connectivity index (χ2n) is 8.27. The number of fused-ring (bicyclic) bond motifs is 1. The van der Waals surface area contributed by atoms with Crippen molar-refractivity contribution < 1.29 is 9.84 Å². The van der Waals surface area contributed by atoms with Crippen LogP contribution in [0.2, 0.25) is 0 Å². The lowest BCUT2D eigenvalue weighted by Crippen LogP contribution is -2.33. The van der Waals surface area contributed by atoms with Crippen molar-refractivity contribution in [2.24, 2.45) is 13.0 Å². The fourth-order valence-corrected chi connectivity index (χ4v) is 4.46. The molecule has 0 atom stereocenters. The lowest BCUT2D eigenvalue weighted by atomic mass is 9.92. The molecule has 154 valence electrons. The molecule has 4 heteroatoms. The first kappa shape index (κ1) is 20.0. The third-order valence-corrected chi connectivity index (χ3v) is 6.26. The van der Waals surface area contributed by atoms with Gasteiger partial charge in [-0.2, -0.15) is 0 Å². The van der Waals surface area contributed by atoms with Gasteiger partial charge in [-0.3, -0.25) is 4.90 Å². The number of hydrogen-bond acceptors (Lipinski definition) is 3. The largest absolute Gasteiger partial charge is 0.494 e. The Bertz CT molecular complexity index is 911. The molecule has 0 unspecified atom stereocenters. The van der Waals surface area contributed by atoms with Crippen LogP contribution in [0.5, 0.6) is 5.75 Å². The van der Waals surface area contributed by atoms with E-state index in [0.717, 1.165) is 47.8 Å². The van der Waals surface area contributed by atoms with E-state index in [4.69, 9.17) is 4.74 Å². The van der Waals surface area contributed by atoms with Crippen molar-refractivity contribution in [3.63, 3.8) is 0 Å². The topological polar surface area (TPSA) is 37.6 Å². The van der Waals surface area contributed by atoms with Crippen molar-refractivity contribution in [2.45, 2.75) is 38.8 Å². The van der Waals surface area contributed by atoms with Crippen molar-refractivity contribution in [2.75, 3.05) is 19.7 Å². The number of piperidine rings is 1. The van der Waals surface area contributed by atoms with Crippen LogP contribution in [0.4, 0.5) is 0 Å². The first-order valence-corrected chi connectivity index (χ1v) is 10.8. The number of aliphatic hydroxyl groups is 1. The van der Waals surface area contributed by atoms with E-state index in [1.807, 2.05) is 23.7 Å². The summed E-state index contributed by atoms with van der Waals surface area (Å²) in [5.74, 6) is 1.75. The number of ether oxygens (including phenoxy) is 1. The molecule has 0 radical (unpaired) electrons. The van der Waals surface area contributed by atoms with Crippen molar-refractivity contribution in [1.82, 2.24) is 9.47 Å². The van der Waals surface area contributed by atoms with Crippen molar-refractivity contribution in [1.29, 1.82) is 0 Å². The van der Waals surface area contributed by atoms with E-state index in [1.54, 1.807) is 0 Å². The van der Waals surface area contributed by atoms with Gasteiger partial charge < -0.3 is 14.4 Å². The van der Waals surface area contributed by atoms with Crippen LogP contribution in [0.3, 0.4) is 0 Å². The van der Waals surface area contributed by atoms with E-state index in [2.05, 4.69) is 47.4 Å². The van der Waals surface area contributed by atoms with E-state index >= 15 is 0 Å². The summed E-state index contributed by atoms with van der Waals surface area (Å²) in [5, 5.41) is 10.5. The summed E-state index contributed by atoms with van der Waals surface area (Å²) < 4.78 is 8.04. The fourth-order valence-electron chi connectivity index (χ4n) is 4.46. The Kier molecular flexibility index (Phi) is 6.53. The third-order valence-electron chi connectivity index (χ3n) is 6.26. The number of hydrogen-bond donors (Lipinski definition) is 1. The summed E-state index contributed by atoms with van der Waals surface area (Å²) >= 11 is 0. The van der Waals surface area contributed by atoms with Crippen LogP contribution in [-0.2, 0) is 20.2 Å². The quantitative estimate of drug-likeness (QED) is 0.563. The average Bonchev–Trinajstić information content (AvgIpc) is 3.08. The van der Waals surface area contributed by atoms with Crippen LogP contribution in [0, 0.1) is 5.92 Å². The van der Waals surface area contributed by atoms with E-state index in [9.17, 15) is 5.11 Å². The van der Waals surface area contributed by atoms with Gasteiger partial charge >= 0.3 is 0 Å². The van der Waals surface area contributed by atoms with E-state index in [1.165, 1.54) is 37.9 Å². The molecule has 0 amide bonds. The summed E-state index contributed by atoms with van der Waals surface area (Å²) in [6, 6.07) is 19.0. The first-order valence-electron chi connectivity index (χ1n) is 10.8. The smallest absolute Gasteiger partial charge is 0.120 e. The Morgan fingerprint density at radius 2 is 1.83 bits per heavy atom. The molecule has 0 spiro atoms. The van der Waals surface area contributed by atoms with Gasteiger partial charge in [-0.15, -0.1) is 0 Å². The molecular formula is C25H32N2O2. The Labute approximate surface area is 173 Å². The van der Waals surface area contributed by atoms with Crippen LogP contribution in [0.25, 0.3) is 10.9 Å². The first-order chi connectivity index (χ1) is 14.2. The normalized spacial score (nSPS) is 15.8. The highest BCUT2D eigenvalue weighted by atomic mass is 16.5. The van der Waals surface area contributed by atoms with Crippen molar-refractivity contribution >= 4 is 10.9 Å². The van der Waals surface area contributed by atoms with Gasteiger partial charge in [-0.1, -0.05) is 30.3 Å². The number of likely N-dealkylation sites (tertiary alicyclic amines) is 1. The minimum absolute atomic E-state index is 0.0610. The van der Waals surface area contributed by atoms with Crippen LogP contribution < -0.4 is 4.74 Å². The molecule has 29 heavy (non-hydrogen) atoms. The van der Waals surface area contributed by atoms with Crippen LogP contribution in [0.1, 0.15) is 36.9 Å². The highest BCUT2D eigenvalue weighted by molar-refractivity contribution is 5.82. The van der Waals surface area contributed by atoms with E-state index in [0.29, 0.717) is 0 Å². The molecule has 4 rings (SSSR count). The maximum absolute atomic E-state index is 9.42. The maximum atomic E-state index is 9.42. The monoisotopic (exact) mass is 392 g/mol. The van der Waals surface area contributed by atoms with Gasteiger partial charge in [0, 0.05) is 30.2 Å². The van der Waals surface area contributed by atoms with Gasteiger partial charge in [-0.05, 0) is 74.5 Å². The molecule has 0 saturated carbocycles. The molecule has 2 heterocycles. The number of benzene rings is 2. The summed E-state index contributed by atoms with van der Waals surface area (Å²) in [7, 11) is 1.99. The van der Waals surface area contributed by atoms with E-state index in [-0.39, 0.29) is 6.61 Å². The van der Waals surface area contributed by atoms with Gasteiger partial charge in [0.2, 0.25) is 0 Å². The molecule has 1 aromatic heterocycles. The molecule has 4 nitrogen and oxygen atoms in total. The SMILES string of the molecule is Cn1c(CO)cc2cc(OCCCC3CCN(Cc4ccccc4)CC3)ccc21. The molecule has 1 aliphatic rings. The van der Waals surface area contributed by atoms with Crippen molar-refractivity contribution in [3.05, 3.63) is 65.9 Å². The fraction of sp³-hybridized carbons (Fsp3) is 0.440. The zero-order valence-electron chi connectivity index (χ0n) is 17.4. The van der Waals surface area contributed by atoms with Gasteiger partial charge in [0.05, 0.1) is 13.2 Å². The molecule has 1 aliphatic heterocycles. The maximum Gasteiger partial charge on any atom is 0.120 e. The van der Waals surface area contributed by atoms with Gasteiger partial charge in [0.1, 0.15) is 5.75 Å². The molecule has 2 aromatic carbocycles. The minimum Gasteiger partial charge on any atom is -0.494 e. The highest BCUT2D eigenvalue weighted by Gasteiger charge is 2.19. The predicted molar refractivity (Wildman–Crippen MR) is 118 cm³/mol. The molecule has 1 saturated heterocycles. The Morgan fingerprint density at radius 3 is 2.59 bits per heavy atom. The van der Waals surface area contributed by atoms with Crippen LogP contribution in [0.15, 0.2) is 54.6 Å². The third kappa shape index (κ3) is 5.01. The summed E-state index contributed by atoms with van der Waals surface area (Å²) in [5.41, 5.74) is 3.47. The molecular weight excluding hydrogens is 360 g/mol. The van der Waals surface area contributed by atoms with Crippen LogP contribution >= 0.6 is 0 Å². The predicted octanol–water partition coefficient (Wildman–Crippen LogP) is 4.74. The standard InChI is InChI=1S/C25H32N2O2/c1-26-23(19-28)16-22-17-24(9-10-25(22)26)29-15-5-8-20-11-13-27(14-12-20)18-21-6-3-2-4-7-21/h2-4,6-7,9-10,16-17,20,28H,5,8,11-15,18-19H2,1H3. The summed E-state index contributed by atoms with van der Waals surface area (Å²) in [6.45, 7) is 4.33. The van der Waals surface area contributed by atoms with E-state index < -0.39 is 0 Å². The Hall–Kier alpha value is -2.30. The lowest BCUT2D eigenvalue weighted by Gasteiger charge is -2.32. The van der Waals surface area contributed by atoms with Gasteiger partial charge in [-0.25, -0.2) is 0 Å². The van der Waals surface area contributed by atoms with Crippen LogP contribution in [-0.4, -0.2) is 34.3 Å². The summed E-state index contributed by atoms with van der Waals surface area (Å²) in [6.07, 6.45) is 4.96. The summed E-state index contributed by atoms with van der Waals surface area (Å²) in [4.78, 5) is 2.58. The lowest BCUT2D eigenvalue weighted by molar-refractivity contribution is 0.166. The molecule has 3 aromatic rings. The van der Waals surface area contributed by atoms with Crippen molar-refractivity contribution in [3.8, 4) is 5.75 Å². The Morgan fingerprint density at radius 1 is 1.03 bits per heavy atom. The molecule has 1 N–H and O–H groups in total. The number of aromatic nitrogens is 1. The number of rotatable bonds is 8.